The van der Waals surface area contributed by atoms with Gasteiger partial charge < -0.3 is 15.1 Å². The number of piperazine rings is 1. The number of urea groups is 1. The molecule has 1 fully saturated rings. The van der Waals surface area contributed by atoms with Crippen LogP contribution in [-0.4, -0.2) is 47.1 Å². The number of aryl methyl sites for hydroxylation is 1. The van der Waals surface area contributed by atoms with E-state index in [0.29, 0.717) is 43.3 Å². The van der Waals surface area contributed by atoms with Gasteiger partial charge in [0.05, 0.1) is 11.3 Å². The van der Waals surface area contributed by atoms with Crippen molar-refractivity contribution in [2.75, 3.05) is 36.4 Å². The fourth-order valence-electron chi connectivity index (χ4n) is 4.34. The first kappa shape index (κ1) is 23.6. The van der Waals surface area contributed by atoms with Gasteiger partial charge in [-0.1, -0.05) is 48.5 Å². The summed E-state index contributed by atoms with van der Waals surface area (Å²) in [5, 5.41) is 5.05. The first-order valence-electron chi connectivity index (χ1n) is 11.6. The Morgan fingerprint density at radius 3 is 2.39 bits per heavy atom. The lowest BCUT2D eigenvalue weighted by Gasteiger charge is -2.35. The SMILES string of the molecule is Cc1cc(N2CCN(C(=O)Nc3cccc4ccccc34)CC2)nc(-c2cccc(C(F)(F)F)c2)n1. The summed E-state index contributed by atoms with van der Waals surface area (Å²) in [6, 6.07) is 20.3. The van der Waals surface area contributed by atoms with E-state index >= 15 is 0 Å². The van der Waals surface area contributed by atoms with Gasteiger partial charge >= 0.3 is 12.2 Å². The summed E-state index contributed by atoms with van der Waals surface area (Å²) in [4.78, 5) is 25.6. The molecule has 5 rings (SSSR count). The number of benzene rings is 3. The molecule has 0 bridgehead atoms. The van der Waals surface area contributed by atoms with Crippen molar-refractivity contribution >= 4 is 28.3 Å². The number of nitrogens with one attached hydrogen (secondary N) is 1. The number of carbonyl (C=O) groups excluding carboxylic acids is 1. The van der Waals surface area contributed by atoms with Crippen molar-refractivity contribution in [3.05, 3.63) is 84.1 Å². The maximum absolute atomic E-state index is 13.2. The molecule has 1 saturated heterocycles. The van der Waals surface area contributed by atoms with Gasteiger partial charge in [-0.15, -0.1) is 0 Å². The number of halogens is 3. The third kappa shape index (κ3) is 4.95. The average Bonchev–Trinajstić information content (AvgIpc) is 2.88. The molecule has 184 valence electrons. The van der Waals surface area contributed by atoms with Gasteiger partial charge in [0.15, 0.2) is 5.82 Å². The van der Waals surface area contributed by atoms with E-state index in [1.54, 1.807) is 17.9 Å². The van der Waals surface area contributed by atoms with E-state index in [1.165, 1.54) is 6.07 Å². The predicted octanol–water partition coefficient (Wildman–Crippen LogP) is 5.98. The van der Waals surface area contributed by atoms with E-state index in [1.807, 2.05) is 53.4 Å². The quantitative estimate of drug-likeness (QED) is 0.383. The Balaban J connectivity index is 1.29. The highest BCUT2D eigenvalue weighted by Crippen LogP contribution is 2.32. The number of nitrogens with zero attached hydrogens (tertiary/aromatic N) is 4. The van der Waals surface area contributed by atoms with Crippen LogP contribution >= 0.6 is 0 Å². The number of carbonyl (C=O) groups is 1. The Morgan fingerprint density at radius 2 is 1.61 bits per heavy atom. The molecule has 4 aromatic rings. The Labute approximate surface area is 206 Å². The first-order chi connectivity index (χ1) is 17.3. The van der Waals surface area contributed by atoms with E-state index in [4.69, 9.17) is 0 Å². The molecule has 0 radical (unpaired) electrons. The van der Waals surface area contributed by atoms with Crippen LogP contribution in [0.3, 0.4) is 0 Å². The molecule has 0 saturated carbocycles. The second-order valence-corrected chi connectivity index (χ2v) is 8.70. The zero-order valence-electron chi connectivity index (χ0n) is 19.6. The van der Waals surface area contributed by atoms with Crippen LogP contribution in [-0.2, 0) is 6.18 Å². The van der Waals surface area contributed by atoms with Crippen LogP contribution in [0, 0.1) is 6.92 Å². The summed E-state index contributed by atoms with van der Waals surface area (Å²) in [6.45, 7) is 3.84. The van der Waals surface area contributed by atoms with E-state index in [2.05, 4.69) is 15.3 Å². The van der Waals surface area contributed by atoms with Gasteiger partial charge in [-0.2, -0.15) is 13.2 Å². The van der Waals surface area contributed by atoms with Gasteiger partial charge in [0.2, 0.25) is 0 Å². The minimum atomic E-state index is -4.44. The van der Waals surface area contributed by atoms with Crippen LogP contribution in [0.4, 0.5) is 29.5 Å². The largest absolute Gasteiger partial charge is 0.416 e. The standard InChI is InChI=1S/C27H24F3N5O/c1-18-16-24(33-25(31-18)20-8-4-9-21(17-20)27(28,29)30)34-12-14-35(15-13-34)26(36)32-23-11-5-7-19-6-2-3-10-22(19)23/h2-11,16-17H,12-15H2,1H3,(H,32,36). The molecule has 0 spiro atoms. The first-order valence-corrected chi connectivity index (χ1v) is 11.6. The van der Waals surface area contributed by atoms with Crippen LogP contribution in [0.2, 0.25) is 0 Å². The normalized spacial score (nSPS) is 14.2. The van der Waals surface area contributed by atoms with Crippen LogP contribution in [0.1, 0.15) is 11.3 Å². The van der Waals surface area contributed by atoms with Gasteiger partial charge in [0.25, 0.3) is 0 Å². The fraction of sp³-hybridized carbons (Fsp3) is 0.222. The number of hydrogen-bond donors (Lipinski definition) is 1. The molecule has 2 heterocycles. The Hall–Kier alpha value is -4.14. The maximum Gasteiger partial charge on any atom is 0.416 e. The number of anilines is 2. The molecule has 36 heavy (non-hydrogen) atoms. The fourth-order valence-corrected chi connectivity index (χ4v) is 4.34. The van der Waals surface area contributed by atoms with Crippen LogP contribution in [0.5, 0.6) is 0 Å². The molecular formula is C27H24F3N5O. The van der Waals surface area contributed by atoms with Gasteiger partial charge in [0.1, 0.15) is 5.82 Å². The smallest absolute Gasteiger partial charge is 0.353 e. The summed E-state index contributed by atoms with van der Waals surface area (Å²) in [7, 11) is 0. The maximum atomic E-state index is 13.2. The Bertz CT molecular complexity index is 1410. The van der Waals surface area contributed by atoms with Crippen molar-refractivity contribution in [2.45, 2.75) is 13.1 Å². The number of hydrogen-bond acceptors (Lipinski definition) is 4. The monoisotopic (exact) mass is 491 g/mol. The van der Waals surface area contributed by atoms with E-state index in [0.717, 1.165) is 28.6 Å². The third-order valence-corrected chi connectivity index (χ3v) is 6.21. The van der Waals surface area contributed by atoms with E-state index in [9.17, 15) is 18.0 Å². The van der Waals surface area contributed by atoms with Crippen molar-refractivity contribution in [1.29, 1.82) is 0 Å². The summed E-state index contributed by atoms with van der Waals surface area (Å²) >= 11 is 0. The summed E-state index contributed by atoms with van der Waals surface area (Å²) in [5.41, 5.74) is 0.988. The molecule has 6 nitrogen and oxygen atoms in total. The van der Waals surface area contributed by atoms with Gasteiger partial charge in [-0.25, -0.2) is 14.8 Å². The molecule has 3 aromatic carbocycles. The Kier molecular flexibility index (Phi) is 6.22. The lowest BCUT2D eigenvalue weighted by Crippen LogP contribution is -2.50. The lowest BCUT2D eigenvalue weighted by molar-refractivity contribution is -0.137. The van der Waals surface area contributed by atoms with E-state index in [-0.39, 0.29) is 11.9 Å². The number of amides is 2. The van der Waals surface area contributed by atoms with Crippen molar-refractivity contribution in [2.24, 2.45) is 0 Å². The predicted molar refractivity (Wildman–Crippen MR) is 134 cm³/mol. The second-order valence-electron chi connectivity index (χ2n) is 8.70. The minimum Gasteiger partial charge on any atom is -0.353 e. The molecule has 0 unspecified atom stereocenters. The number of aromatic nitrogens is 2. The minimum absolute atomic E-state index is 0.172. The lowest BCUT2D eigenvalue weighted by atomic mass is 10.1. The van der Waals surface area contributed by atoms with Crippen LogP contribution < -0.4 is 10.2 Å². The molecular weight excluding hydrogens is 467 g/mol. The molecule has 0 atom stereocenters. The highest BCUT2D eigenvalue weighted by Gasteiger charge is 2.31. The molecule has 1 aliphatic rings. The van der Waals surface area contributed by atoms with Crippen molar-refractivity contribution < 1.29 is 18.0 Å². The number of alkyl halides is 3. The molecule has 9 heteroatoms. The van der Waals surface area contributed by atoms with Crippen molar-refractivity contribution in [3.8, 4) is 11.4 Å². The highest BCUT2D eigenvalue weighted by molar-refractivity contribution is 6.01. The summed E-state index contributed by atoms with van der Waals surface area (Å²) < 4.78 is 39.5. The highest BCUT2D eigenvalue weighted by atomic mass is 19.4. The van der Waals surface area contributed by atoms with Gasteiger partial charge in [-0.05, 0) is 30.5 Å². The van der Waals surface area contributed by atoms with Gasteiger partial charge in [-0.3, -0.25) is 0 Å². The molecule has 1 N–H and O–H groups in total. The van der Waals surface area contributed by atoms with Crippen LogP contribution in [0.25, 0.3) is 22.2 Å². The molecule has 0 aliphatic carbocycles. The van der Waals surface area contributed by atoms with Gasteiger partial charge in [0, 0.05) is 48.9 Å². The zero-order valence-corrected chi connectivity index (χ0v) is 19.6. The topological polar surface area (TPSA) is 61.4 Å². The second kappa shape index (κ2) is 9.49. The average molecular weight is 492 g/mol. The Morgan fingerprint density at radius 1 is 0.889 bits per heavy atom. The zero-order chi connectivity index (χ0) is 25.3. The molecule has 2 amide bonds. The van der Waals surface area contributed by atoms with E-state index < -0.39 is 11.7 Å². The third-order valence-electron chi connectivity index (χ3n) is 6.21. The molecule has 1 aromatic heterocycles. The summed E-state index contributed by atoms with van der Waals surface area (Å²) in [5.74, 6) is 0.872. The number of rotatable bonds is 3. The number of fused-ring (bicyclic) bond motifs is 1. The summed E-state index contributed by atoms with van der Waals surface area (Å²) in [6.07, 6.45) is -4.44. The van der Waals surface area contributed by atoms with Crippen LogP contribution in [0.15, 0.2) is 72.8 Å². The van der Waals surface area contributed by atoms with Crippen molar-refractivity contribution in [1.82, 2.24) is 14.9 Å². The molecule has 1 aliphatic heterocycles. The van der Waals surface area contributed by atoms with Crippen molar-refractivity contribution in [3.63, 3.8) is 0 Å².